The second kappa shape index (κ2) is 6.38. The van der Waals surface area contributed by atoms with Gasteiger partial charge in [-0.25, -0.2) is 0 Å². The number of nitrogens with two attached hydrogens (primary N) is 1. The number of hydrogen-bond acceptors (Lipinski definition) is 2. The Morgan fingerprint density at radius 3 is 1.56 bits per heavy atom. The highest BCUT2D eigenvalue weighted by molar-refractivity contribution is 4.94. The molecule has 2 aliphatic carbocycles. The summed E-state index contributed by atoms with van der Waals surface area (Å²) in [6.07, 6.45) is 14.2. The van der Waals surface area contributed by atoms with Crippen molar-refractivity contribution >= 4 is 0 Å². The summed E-state index contributed by atoms with van der Waals surface area (Å²) >= 11 is 0. The van der Waals surface area contributed by atoms with Gasteiger partial charge in [-0.15, -0.1) is 0 Å². The predicted octanol–water partition coefficient (Wildman–Crippen LogP) is 3.69. The van der Waals surface area contributed by atoms with Gasteiger partial charge in [-0.05, 0) is 39.5 Å². The Labute approximate surface area is 113 Å². The fourth-order valence-electron chi connectivity index (χ4n) is 4.11. The van der Waals surface area contributed by atoms with Crippen LogP contribution in [0.25, 0.3) is 0 Å². The van der Waals surface area contributed by atoms with E-state index in [2.05, 4.69) is 18.7 Å². The maximum absolute atomic E-state index is 6.08. The standard InChI is InChI=1S/C16H32N2/c1-16(2,13-17)18(14-9-5-3-6-10-14)15-11-7-4-8-12-15/h14-15H,3-13,17H2,1-2H3. The van der Waals surface area contributed by atoms with Crippen LogP contribution < -0.4 is 5.73 Å². The molecule has 106 valence electrons. The van der Waals surface area contributed by atoms with Crippen molar-refractivity contribution < 1.29 is 0 Å². The minimum absolute atomic E-state index is 0.185. The van der Waals surface area contributed by atoms with Crippen LogP contribution in [0.3, 0.4) is 0 Å². The van der Waals surface area contributed by atoms with Crippen molar-refractivity contribution in [2.45, 2.75) is 95.7 Å². The van der Waals surface area contributed by atoms with Crippen molar-refractivity contribution in [2.75, 3.05) is 6.54 Å². The smallest absolute Gasteiger partial charge is 0.0281 e. The zero-order chi connectivity index (χ0) is 13.0. The Morgan fingerprint density at radius 2 is 1.22 bits per heavy atom. The van der Waals surface area contributed by atoms with E-state index < -0.39 is 0 Å². The van der Waals surface area contributed by atoms with E-state index in [1.165, 1.54) is 64.2 Å². The van der Waals surface area contributed by atoms with Gasteiger partial charge in [0.2, 0.25) is 0 Å². The van der Waals surface area contributed by atoms with Crippen LogP contribution >= 0.6 is 0 Å². The van der Waals surface area contributed by atoms with E-state index in [1.54, 1.807) is 0 Å². The highest BCUT2D eigenvalue weighted by Crippen LogP contribution is 2.34. The van der Waals surface area contributed by atoms with Crippen LogP contribution in [-0.4, -0.2) is 29.1 Å². The topological polar surface area (TPSA) is 29.3 Å². The third kappa shape index (κ3) is 3.27. The van der Waals surface area contributed by atoms with Crippen molar-refractivity contribution in [3.63, 3.8) is 0 Å². The molecule has 0 aromatic rings. The Hall–Kier alpha value is -0.0800. The molecule has 2 N–H and O–H groups in total. The van der Waals surface area contributed by atoms with Gasteiger partial charge >= 0.3 is 0 Å². The molecule has 0 bridgehead atoms. The van der Waals surface area contributed by atoms with Gasteiger partial charge in [-0.2, -0.15) is 0 Å². The highest BCUT2D eigenvalue weighted by atomic mass is 15.3. The zero-order valence-corrected chi connectivity index (χ0v) is 12.5. The second-order valence-electron chi connectivity index (χ2n) is 7.01. The summed E-state index contributed by atoms with van der Waals surface area (Å²) in [5, 5.41) is 0. The summed E-state index contributed by atoms with van der Waals surface area (Å²) < 4.78 is 0. The average molecular weight is 252 g/mol. The minimum atomic E-state index is 0.185. The van der Waals surface area contributed by atoms with E-state index in [9.17, 15) is 0 Å². The Morgan fingerprint density at radius 1 is 0.833 bits per heavy atom. The minimum Gasteiger partial charge on any atom is -0.329 e. The molecule has 2 fully saturated rings. The van der Waals surface area contributed by atoms with E-state index in [-0.39, 0.29) is 5.54 Å². The van der Waals surface area contributed by atoms with Gasteiger partial charge < -0.3 is 5.73 Å². The van der Waals surface area contributed by atoms with E-state index in [4.69, 9.17) is 5.73 Å². The quantitative estimate of drug-likeness (QED) is 0.827. The molecule has 2 saturated carbocycles. The van der Waals surface area contributed by atoms with Crippen molar-refractivity contribution in [3.05, 3.63) is 0 Å². The SMILES string of the molecule is CC(C)(CN)N(C1CCCCC1)C1CCCCC1. The predicted molar refractivity (Wildman–Crippen MR) is 78.7 cm³/mol. The molecule has 0 atom stereocenters. The second-order valence-corrected chi connectivity index (χ2v) is 7.01. The maximum Gasteiger partial charge on any atom is 0.0281 e. The molecule has 0 aromatic heterocycles. The molecule has 0 unspecified atom stereocenters. The van der Waals surface area contributed by atoms with Gasteiger partial charge in [0.25, 0.3) is 0 Å². The Balaban J connectivity index is 2.10. The zero-order valence-electron chi connectivity index (χ0n) is 12.5. The maximum atomic E-state index is 6.08. The van der Waals surface area contributed by atoms with Crippen LogP contribution in [0.1, 0.15) is 78.1 Å². The first kappa shape index (κ1) is 14.3. The van der Waals surface area contributed by atoms with Gasteiger partial charge in [-0.3, -0.25) is 4.90 Å². The molecular formula is C16H32N2. The molecule has 0 heterocycles. The lowest BCUT2D eigenvalue weighted by atomic mass is 9.84. The molecule has 0 aromatic carbocycles. The molecular weight excluding hydrogens is 220 g/mol. The van der Waals surface area contributed by atoms with Gasteiger partial charge in [0.1, 0.15) is 0 Å². The van der Waals surface area contributed by atoms with Gasteiger partial charge in [0.05, 0.1) is 0 Å². The highest BCUT2D eigenvalue weighted by Gasteiger charge is 2.37. The average Bonchev–Trinajstić information content (AvgIpc) is 2.41. The molecule has 2 rings (SSSR count). The van der Waals surface area contributed by atoms with Gasteiger partial charge in [0, 0.05) is 24.2 Å². The van der Waals surface area contributed by atoms with E-state index in [1.807, 2.05) is 0 Å². The summed E-state index contributed by atoms with van der Waals surface area (Å²) in [6, 6.07) is 1.61. The first-order valence-corrected chi connectivity index (χ1v) is 8.13. The lowest BCUT2D eigenvalue weighted by Crippen LogP contribution is -2.59. The molecule has 0 saturated heterocycles. The fraction of sp³-hybridized carbons (Fsp3) is 1.00. The Bertz CT molecular complexity index is 219. The van der Waals surface area contributed by atoms with E-state index in [0.29, 0.717) is 0 Å². The largest absolute Gasteiger partial charge is 0.329 e. The lowest BCUT2D eigenvalue weighted by Gasteiger charge is -2.50. The monoisotopic (exact) mass is 252 g/mol. The van der Waals surface area contributed by atoms with Crippen LogP contribution in [0.4, 0.5) is 0 Å². The lowest BCUT2D eigenvalue weighted by molar-refractivity contribution is -0.00305. The Kier molecular flexibility index (Phi) is 5.08. The van der Waals surface area contributed by atoms with Crippen molar-refractivity contribution in [1.29, 1.82) is 0 Å². The number of rotatable bonds is 4. The molecule has 0 amide bonds. The molecule has 2 nitrogen and oxygen atoms in total. The third-order valence-corrected chi connectivity index (χ3v) is 5.13. The van der Waals surface area contributed by atoms with Crippen LogP contribution in [0.5, 0.6) is 0 Å². The van der Waals surface area contributed by atoms with E-state index in [0.717, 1.165) is 18.6 Å². The van der Waals surface area contributed by atoms with Crippen LogP contribution in [0.2, 0.25) is 0 Å². The first-order valence-electron chi connectivity index (χ1n) is 8.13. The molecule has 2 heteroatoms. The summed E-state index contributed by atoms with van der Waals surface area (Å²) in [7, 11) is 0. The summed E-state index contributed by atoms with van der Waals surface area (Å²) in [5.74, 6) is 0. The van der Waals surface area contributed by atoms with Gasteiger partial charge in [-0.1, -0.05) is 38.5 Å². The molecule has 0 radical (unpaired) electrons. The van der Waals surface area contributed by atoms with Crippen molar-refractivity contribution in [2.24, 2.45) is 5.73 Å². The molecule has 0 spiro atoms. The van der Waals surface area contributed by atoms with E-state index >= 15 is 0 Å². The summed E-state index contributed by atoms with van der Waals surface area (Å²) in [4.78, 5) is 2.84. The van der Waals surface area contributed by atoms with Gasteiger partial charge in [0.15, 0.2) is 0 Å². The normalized spacial score (nSPS) is 24.7. The van der Waals surface area contributed by atoms with Crippen LogP contribution in [0, 0.1) is 0 Å². The third-order valence-electron chi connectivity index (χ3n) is 5.13. The van der Waals surface area contributed by atoms with Crippen LogP contribution in [-0.2, 0) is 0 Å². The van der Waals surface area contributed by atoms with Crippen molar-refractivity contribution in [1.82, 2.24) is 4.90 Å². The summed E-state index contributed by atoms with van der Waals surface area (Å²) in [6.45, 7) is 5.51. The fourth-order valence-corrected chi connectivity index (χ4v) is 4.11. The summed E-state index contributed by atoms with van der Waals surface area (Å²) in [5.41, 5.74) is 6.26. The number of hydrogen-bond donors (Lipinski definition) is 1. The van der Waals surface area contributed by atoms with Crippen molar-refractivity contribution in [3.8, 4) is 0 Å². The molecule has 0 aliphatic heterocycles. The first-order chi connectivity index (χ1) is 8.65. The molecule has 2 aliphatic rings. The molecule has 18 heavy (non-hydrogen) atoms. The van der Waals surface area contributed by atoms with Crippen LogP contribution in [0.15, 0.2) is 0 Å². The number of nitrogens with zero attached hydrogens (tertiary/aromatic N) is 1.